The molecule has 0 heterocycles. The van der Waals surface area contributed by atoms with Gasteiger partial charge in [0.05, 0.1) is 0 Å². The Hall–Kier alpha value is -1.06. The Balaban J connectivity index is 3.16. The highest BCUT2D eigenvalue weighted by molar-refractivity contribution is 5.83. The van der Waals surface area contributed by atoms with Crippen molar-refractivity contribution >= 4 is 11.9 Å². The number of unbranched alkanes of at least 4 members (excludes halogenated alkanes) is 17. The van der Waals surface area contributed by atoms with E-state index in [1.54, 1.807) is 0 Å². The van der Waals surface area contributed by atoms with E-state index in [0.29, 0.717) is 6.42 Å². The zero-order valence-corrected chi connectivity index (χ0v) is 18.8. The number of carbonyl (C=O) groups excluding carboxylic acids is 1. The minimum atomic E-state index is -0.980. The molecule has 0 radical (unpaired) electrons. The molecule has 28 heavy (non-hydrogen) atoms. The minimum Gasteiger partial charge on any atom is -0.480 e. The summed E-state index contributed by atoms with van der Waals surface area (Å²) in [6.07, 6.45) is 24.4. The fourth-order valence-corrected chi connectivity index (χ4v) is 3.56. The molecule has 0 aliphatic rings. The number of hydrogen-bond donors (Lipinski definition) is 2. The van der Waals surface area contributed by atoms with Crippen molar-refractivity contribution in [1.82, 2.24) is 5.32 Å². The smallest absolute Gasteiger partial charge is 0.325 e. The van der Waals surface area contributed by atoms with Crippen molar-refractivity contribution in [2.24, 2.45) is 0 Å². The van der Waals surface area contributed by atoms with E-state index in [-0.39, 0.29) is 5.91 Å². The molecular formula is C24H47NO3. The van der Waals surface area contributed by atoms with E-state index in [1.807, 2.05) is 0 Å². The summed E-state index contributed by atoms with van der Waals surface area (Å²) in [6.45, 7) is 3.77. The molecule has 166 valence electrons. The maximum absolute atomic E-state index is 11.6. The van der Waals surface area contributed by atoms with Gasteiger partial charge in [-0.3, -0.25) is 9.59 Å². The molecule has 0 aromatic carbocycles. The monoisotopic (exact) mass is 397 g/mol. The van der Waals surface area contributed by atoms with Crippen molar-refractivity contribution in [2.75, 3.05) is 0 Å². The van der Waals surface area contributed by atoms with E-state index in [1.165, 1.54) is 110 Å². The van der Waals surface area contributed by atoms with Crippen LogP contribution in [0.25, 0.3) is 0 Å². The molecule has 4 nitrogen and oxygen atoms in total. The number of nitrogens with one attached hydrogen (secondary N) is 1. The predicted octanol–water partition coefficient (Wildman–Crippen LogP) is 7.01. The van der Waals surface area contributed by atoms with Gasteiger partial charge in [-0.05, 0) is 13.3 Å². The molecule has 0 aromatic heterocycles. The Labute approximate surface area is 174 Å². The molecule has 0 rings (SSSR count). The highest BCUT2D eigenvalue weighted by Crippen LogP contribution is 2.14. The van der Waals surface area contributed by atoms with Crippen LogP contribution in [0.1, 0.15) is 136 Å². The van der Waals surface area contributed by atoms with Gasteiger partial charge in [-0.2, -0.15) is 0 Å². The maximum atomic E-state index is 11.6. The van der Waals surface area contributed by atoms with Crippen LogP contribution in [0.2, 0.25) is 0 Å². The molecule has 0 saturated heterocycles. The van der Waals surface area contributed by atoms with Crippen LogP contribution in [-0.4, -0.2) is 23.0 Å². The van der Waals surface area contributed by atoms with Crippen LogP contribution < -0.4 is 5.32 Å². The molecule has 0 bridgehead atoms. The van der Waals surface area contributed by atoms with E-state index in [4.69, 9.17) is 5.11 Å². The fraction of sp³-hybridized carbons (Fsp3) is 0.917. The standard InChI is InChI=1S/C24H47NO3/c1-3-4-5-6-7-8-9-10-11-12-13-14-15-16-17-18-19-20-21-23(26)25-22(2)24(27)28/h22H,3-21H2,1-2H3,(H,25,26)(H,27,28)/t22-/m0/s1. The van der Waals surface area contributed by atoms with Crippen molar-refractivity contribution in [3.05, 3.63) is 0 Å². The highest BCUT2D eigenvalue weighted by Gasteiger charge is 2.12. The summed E-state index contributed by atoms with van der Waals surface area (Å²) in [7, 11) is 0. The summed E-state index contributed by atoms with van der Waals surface area (Å²) in [5.74, 6) is -1.13. The second-order valence-electron chi connectivity index (χ2n) is 8.39. The summed E-state index contributed by atoms with van der Waals surface area (Å²) >= 11 is 0. The third-order valence-electron chi connectivity index (χ3n) is 5.51. The van der Waals surface area contributed by atoms with E-state index in [2.05, 4.69) is 12.2 Å². The topological polar surface area (TPSA) is 66.4 Å². The molecule has 1 atom stereocenters. The lowest BCUT2D eigenvalue weighted by Crippen LogP contribution is -2.38. The Bertz CT molecular complexity index is 371. The van der Waals surface area contributed by atoms with Crippen LogP contribution >= 0.6 is 0 Å². The molecule has 0 fully saturated rings. The molecular weight excluding hydrogens is 350 g/mol. The highest BCUT2D eigenvalue weighted by atomic mass is 16.4. The molecule has 0 spiro atoms. The molecule has 1 amide bonds. The van der Waals surface area contributed by atoms with E-state index in [9.17, 15) is 9.59 Å². The van der Waals surface area contributed by atoms with Crippen LogP contribution in [0.4, 0.5) is 0 Å². The quantitative estimate of drug-likeness (QED) is 0.205. The molecule has 0 unspecified atom stereocenters. The van der Waals surface area contributed by atoms with Crippen molar-refractivity contribution in [3.63, 3.8) is 0 Å². The van der Waals surface area contributed by atoms with Gasteiger partial charge in [-0.25, -0.2) is 0 Å². The first-order valence-electron chi connectivity index (χ1n) is 12.1. The lowest BCUT2D eigenvalue weighted by atomic mass is 10.0. The first kappa shape index (κ1) is 26.9. The van der Waals surface area contributed by atoms with Gasteiger partial charge < -0.3 is 10.4 Å². The Morgan fingerprint density at radius 1 is 0.643 bits per heavy atom. The summed E-state index contributed by atoms with van der Waals surface area (Å²) in [5, 5.41) is 11.2. The van der Waals surface area contributed by atoms with Crippen LogP contribution in [0.3, 0.4) is 0 Å². The first-order chi connectivity index (χ1) is 13.6. The van der Waals surface area contributed by atoms with Gasteiger partial charge >= 0.3 is 5.97 Å². The van der Waals surface area contributed by atoms with Crippen LogP contribution in [0.15, 0.2) is 0 Å². The number of hydrogen-bond acceptors (Lipinski definition) is 2. The van der Waals surface area contributed by atoms with Crippen molar-refractivity contribution in [3.8, 4) is 0 Å². The first-order valence-corrected chi connectivity index (χ1v) is 12.1. The van der Waals surface area contributed by atoms with Gasteiger partial charge in [-0.15, -0.1) is 0 Å². The van der Waals surface area contributed by atoms with Gasteiger partial charge in [0.15, 0.2) is 0 Å². The van der Waals surface area contributed by atoms with Crippen LogP contribution in [0.5, 0.6) is 0 Å². The van der Waals surface area contributed by atoms with E-state index < -0.39 is 12.0 Å². The van der Waals surface area contributed by atoms with Crippen molar-refractivity contribution in [1.29, 1.82) is 0 Å². The number of amides is 1. The third kappa shape index (κ3) is 19.7. The molecule has 0 saturated carbocycles. The lowest BCUT2D eigenvalue weighted by Gasteiger charge is -2.08. The molecule has 2 N–H and O–H groups in total. The number of carbonyl (C=O) groups is 2. The Kier molecular flexibility index (Phi) is 19.9. The van der Waals surface area contributed by atoms with E-state index in [0.717, 1.165) is 12.8 Å². The number of carboxylic acid groups (broad SMARTS) is 1. The van der Waals surface area contributed by atoms with Gasteiger partial charge in [0, 0.05) is 6.42 Å². The van der Waals surface area contributed by atoms with E-state index >= 15 is 0 Å². The second kappa shape index (κ2) is 20.7. The SMILES string of the molecule is CCCCCCCCCCCCCCCCCCCCC(=O)N[C@@H](C)C(=O)O. The van der Waals surface area contributed by atoms with Crippen LogP contribution in [-0.2, 0) is 9.59 Å². The predicted molar refractivity (Wildman–Crippen MR) is 119 cm³/mol. The number of carboxylic acids is 1. The molecule has 4 heteroatoms. The second-order valence-corrected chi connectivity index (χ2v) is 8.39. The minimum absolute atomic E-state index is 0.147. The Morgan fingerprint density at radius 3 is 1.29 bits per heavy atom. The van der Waals surface area contributed by atoms with Gasteiger partial charge in [0.1, 0.15) is 6.04 Å². The van der Waals surface area contributed by atoms with Crippen molar-refractivity contribution in [2.45, 2.75) is 142 Å². The van der Waals surface area contributed by atoms with Gasteiger partial charge in [-0.1, -0.05) is 116 Å². The lowest BCUT2D eigenvalue weighted by molar-refractivity contribution is -0.141. The van der Waals surface area contributed by atoms with Crippen molar-refractivity contribution < 1.29 is 14.7 Å². The molecule has 0 aromatic rings. The fourth-order valence-electron chi connectivity index (χ4n) is 3.56. The summed E-state index contributed by atoms with van der Waals surface area (Å²) in [5.41, 5.74) is 0. The average Bonchev–Trinajstić information content (AvgIpc) is 2.66. The summed E-state index contributed by atoms with van der Waals surface area (Å²) < 4.78 is 0. The summed E-state index contributed by atoms with van der Waals surface area (Å²) in [6, 6.07) is -0.789. The van der Waals surface area contributed by atoms with Gasteiger partial charge in [0.25, 0.3) is 0 Å². The maximum Gasteiger partial charge on any atom is 0.325 e. The normalized spacial score (nSPS) is 12.1. The Morgan fingerprint density at radius 2 is 0.964 bits per heavy atom. The average molecular weight is 398 g/mol. The molecule has 0 aliphatic carbocycles. The van der Waals surface area contributed by atoms with Crippen LogP contribution in [0, 0.1) is 0 Å². The van der Waals surface area contributed by atoms with Gasteiger partial charge in [0.2, 0.25) is 5.91 Å². The summed E-state index contributed by atoms with van der Waals surface area (Å²) in [4.78, 5) is 22.2. The zero-order valence-electron chi connectivity index (χ0n) is 18.8. The number of rotatable bonds is 21. The molecule has 0 aliphatic heterocycles. The largest absolute Gasteiger partial charge is 0.480 e. The zero-order chi connectivity index (χ0) is 20.9. The third-order valence-corrected chi connectivity index (χ3v) is 5.51. The number of aliphatic carboxylic acids is 1.